The van der Waals surface area contributed by atoms with Crippen LogP contribution in [0.5, 0.6) is 11.5 Å². The smallest absolute Gasteiger partial charge is 0.146 e. The number of para-hydroxylation sites is 1. The van der Waals surface area contributed by atoms with E-state index in [2.05, 4.69) is 37.4 Å². The van der Waals surface area contributed by atoms with E-state index in [0.29, 0.717) is 21.6 Å². The summed E-state index contributed by atoms with van der Waals surface area (Å²) in [5, 5.41) is 20.8. The molecular weight excluding hydrogens is 350 g/mol. The summed E-state index contributed by atoms with van der Waals surface area (Å²) in [7, 11) is 7.89. The minimum Gasteiger partial charge on any atom is -0.506 e. The fourth-order valence-electron chi connectivity index (χ4n) is 2.62. The zero-order chi connectivity index (χ0) is 18.0. The van der Waals surface area contributed by atoms with Crippen LogP contribution in [0.2, 0.25) is 0 Å². The molecule has 135 valence electrons. The van der Waals surface area contributed by atoms with Crippen LogP contribution in [0, 0.1) is 0 Å². The van der Waals surface area contributed by atoms with Crippen molar-refractivity contribution in [3.8, 4) is 11.5 Å². The average molecular weight is 372 g/mol. The van der Waals surface area contributed by atoms with Crippen LogP contribution >= 0.6 is 12.4 Å². The van der Waals surface area contributed by atoms with Crippen molar-refractivity contribution in [2.24, 2.45) is 10.2 Å². The summed E-state index contributed by atoms with van der Waals surface area (Å²) in [5.74, 6) is 0.739. The monoisotopic (exact) mass is 371 g/mol. The molecule has 0 bridgehead atoms. The van der Waals surface area contributed by atoms with Crippen molar-refractivity contribution in [3.05, 3.63) is 54.6 Å². The van der Waals surface area contributed by atoms with Crippen molar-refractivity contribution in [1.29, 1.82) is 0 Å². The predicted octanol–water partition coefficient (Wildman–Crippen LogP) is 5.86. The molecule has 0 saturated carbocycles. The maximum Gasteiger partial charge on any atom is 0.146 e. The highest BCUT2D eigenvalue weighted by atomic mass is 35.5. The van der Waals surface area contributed by atoms with Gasteiger partial charge >= 0.3 is 0 Å². The third-order valence-corrected chi connectivity index (χ3v) is 4.07. The van der Waals surface area contributed by atoms with Crippen LogP contribution in [-0.4, -0.2) is 33.4 Å². The van der Waals surface area contributed by atoms with Gasteiger partial charge in [-0.1, -0.05) is 18.2 Å². The second-order valence-electron chi connectivity index (χ2n) is 6.72. The molecule has 1 N–H and O–H groups in total. The number of hydrogen-bond donors (Lipinski definition) is 1. The molecule has 1 radical (unpaired) electrons. The van der Waals surface area contributed by atoms with Crippen LogP contribution in [0.4, 0.5) is 17.1 Å². The highest BCUT2D eigenvalue weighted by Gasteiger charge is 2.15. The normalized spacial score (nSPS) is 11.5. The van der Waals surface area contributed by atoms with Gasteiger partial charge in [0.2, 0.25) is 0 Å². The lowest BCUT2D eigenvalue weighted by Crippen LogP contribution is -2.34. The second kappa shape index (κ2) is 7.72. The molecule has 0 aliphatic heterocycles. The maximum atomic E-state index is 10.3. The number of azo groups is 1. The van der Waals surface area contributed by atoms with Gasteiger partial charge in [-0.05, 0) is 35.7 Å². The Bertz CT molecular complexity index is 949. The molecule has 0 saturated heterocycles. The lowest BCUT2D eigenvalue weighted by Gasteiger charge is -2.23. The maximum absolute atomic E-state index is 10.3. The van der Waals surface area contributed by atoms with Gasteiger partial charge in [-0.3, -0.25) is 4.48 Å². The second-order valence-corrected chi connectivity index (χ2v) is 6.72. The number of ether oxygens (including phenoxy) is 1. The predicted molar refractivity (Wildman–Crippen MR) is 108 cm³/mol. The van der Waals surface area contributed by atoms with Crippen LogP contribution in [0.15, 0.2) is 64.8 Å². The Morgan fingerprint density at radius 2 is 1.62 bits per heavy atom. The number of phenols is 1. The first-order valence-electron chi connectivity index (χ1n) is 8.02. The molecule has 26 heavy (non-hydrogen) atoms. The number of aromatic hydroxyl groups is 1. The highest BCUT2D eigenvalue weighted by molar-refractivity contribution is 5.97. The Balaban J connectivity index is 0.00000243. The summed E-state index contributed by atoms with van der Waals surface area (Å²) in [4.78, 5) is 0. The topological polar surface area (TPSA) is 54.2 Å². The molecule has 0 amide bonds. The number of fused-ring (bicyclic) bond motifs is 1. The SMILES string of the molecule is COc1ccccc1N=Nc1c(O)ccc2ccc([N+](C)(C)C)cc12.[Cl]. The average Bonchev–Trinajstić information content (AvgIpc) is 2.60. The molecule has 0 spiro atoms. The number of hydrogen-bond acceptors (Lipinski definition) is 4. The van der Waals surface area contributed by atoms with Gasteiger partial charge in [0, 0.05) is 23.9 Å². The molecular formula is C20H22ClN3O2+. The van der Waals surface area contributed by atoms with Crippen molar-refractivity contribution in [2.75, 3.05) is 28.3 Å². The molecule has 3 aromatic rings. The lowest BCUT2D eigenvalue weighted by atomic mass is 10.1. The van der Waals surface area contributed by atoms with E-state index in [1.807, 2.05) is 42.5 Å². The number of phenolic OH excluding ortho intramolecular Hbond substituents is 1. The van der Waals surface area contributed by atoms with Crippen molar-refractivity contribution < 1.29 is 9.84 Å². The first kappa shape index (κ1) is 19.7. The van der Waals surface area contributed by atoms with Gasteiger partial charge in [0.25, 0.3) is 0 Å². The number of benzene rings is 3. The van der Waals surface area contributed by atoms with Crippen molar-refractivity contribution in [3.63, 3.8) is 0 Å². The largest absolute Gasteiger partial charge is 0.506 e. The van der Waals surface area contributed by atoms with Crippen LogP contribution in [0.25, 0.3) is 10.8 Å². The fourth-order valence-corrected chi connectivity index (χ4v) is 2.62. The zero-order valence-electron chi connectivity index (χ0n) is 15.3. The minimum absolute atomic E-state index is 0. The van der Waals surface area contributed by atoms with Gasteiger partial charge in [0.05, 0.1) is 28.3 Å². The van der Waals surface area contributed by atoms with E-state index < -0.39 is 0 Å². The zero-order valence-corrected chi connectivity index (χ0v) is 16.0. The van der Waals surface area contributed by atoms with E-state index in [1.165, 1.54) is 0 Å². The summed E-state index contributed by atoms with van der Waals surface area (Å²) in [6.45, 7) is 0. The summed E-state index contributed by atoms with van der Waals surface area (Å²) >= 11 is 0. The first-order valence-corrected chi connectivity index (χ1v) is 8.02. The van der Waals surface area contributed by atoms with Crippen LogP contribution in [-0.2, 0) is 0 Å². The number of methoxy groups -OCH3 is 1. The molecule has 3 aromatic carbocycles. The molecule has 0 aliphatic carbocycles. The standard InChI is InChI=1S/C20H21N3O2.Cl/c1-23(2,3)15-11-9-14-10-12-18(24)20(16(14)13-15)22-21-17-7-5-6-8-19(17)25-4;/h5-13H,1-4H3;/p+1. The molecule has 0 heterocycles. The van der Waals surface area contributed by atoms with Crippen molar-refractivity contribution in [2.45, 2.75) is 0 Å². The Morgan fingerprint density at radius 1 is 0.923 bits per heavy atom. The molecule has 3 rings (SSSR count). The molecule has 5 nitrogen and oxygen atoms in total. The van der Waals surface area contributed by atoms with Gasteiger partial charge in [-0.2, -0.15) is 0 Å². The summed E-state index contributed by atoms with van der Waals surface area (Å²) in [5.41, 5.74) is 2.19. The number of halogens is 1. The Hall–Kier alpha value is -2.63. The summed E-state index contributed by atoms with van der Waals surface area (Å²) in [6, 6.07) is 17.1. The molecule has 0 unspecified atom stereocenters. The Labute approximate surface area is 159 Å². The Morgan fingerprint density at radius 3 is 2.31 bits per heavy atom. The van der Waals surface area contributed by atoms with E-state index in [9.17, 15) is 5.11 Å². The lowest BCUT2D eigenvalue weighted by molar-refractivity contribution is 0.416. The Kier molecular flexibility index (Phi) is 5.85. The molecule has 0 aromatic heterocycles. The van der Waals surface area contributed by atoms with Crippen LogP contribution in [0.1, 0.15) is 0 Å². The van der Waals surface area contributed by atoms with E-state index >= 15 is 0 Å². The molecule has 0 aliphatic rings. The minimum atomic E-state index is 0. The number of rotatable bonds is 4. The third-order valence-electron chi connectivity index (χ3n) is 4.07. The van der Waals surface area contributed by atoms with E-state index in [0.717, 1.165) is 16.5 Å². The van der Waals surface area contributed by atoms with Crippen molar-refractivity contribution in [1.82, 2.24) is 4.48 Å². The van der Waals surface area contributed by atoms with Gasteiger partial charge in [0.1, 0.15) is 28.6 Å². The third kappa shape index (κ3) is 3.95. The van der Waals surface area contributed by atoms with Gasteiger partial charge in [-0.15, -0.1) is 10.2 Å². The van der Waals surface area contributed by atoms with Gasteiger partial charge in [0.15, 0.2) is 0 Å². The van der Waals surface area contributed by atoms with Gasteiger partial charge in [-0.25, -0.2) is 0 Å². The fraction of sp³-hybridized carbons (Fsp3) is 0.200. The molecule has 6 heteroatoms. The molecule has 0 fully saturated rings. The van der Waals surface area contributed by atoms with E-state index in [-0.39, 0.29) is 18.2 Å². The quantitative estimate of drug-likeness (QED) is 0.461. The first-order chi connectivity index (χ1) is 11.9. The summed E-state index contributed by atoms with van der Waals surface area (Å²) < 4.78 is 5.97. The van der Waals surface area contributed by atoms with Crippen LogP contribution in [0.3, 0.4) is 0 Å². The summed E-state index contributed by atoms with van der Waals surface area (Å²) in [6.07, 6.45) is 0. The number of nitrogens with zero attached hydrogens (tertiary/aromatic N) is 3. The van der Waals surface area contributed by atoms with Crippen LogP contribution < -0.4 is 9.22 Å². The van der Waals surface area contributed by atoms with E-state index in [1.54, 1.807) is 13.2 Å². The molecule has 0 atom stereocenters. The number of quaternary nitrogens is 1. The van der Waals surface area contributed by atoms with Crippen molar-refractivity contribution >= 4 is 40.2 Å². The highest BCUT2D eigenvalue weighted by Crippen LogP contribution is 2.39. The van der Waals surface area contributed by atoms with E-state index in [4.69, 9.17) is 4.74 Å². The van der Waals surface area contributed by atoms with Gasteiger partial charge < -0.3 is 9.84 Å².